The summed E-state index contributed by atoms with van der Waals surface area (Å²) >= 11 is 0. The average Bonchev–Trinajstić information content (AvgIpc) is 3.16. The maximum absolute atomic E-state index is 13.3. The van der Waals surface area contributed by atoms with E-state index < -0.39 is 0 Å². The number of amides is 4. The molecule has 2 bridgehead atoms. The monoisotopic (exact) mass is 487 g/mol. The van der Waals surface area contributed by atoms with Crippen LogP contribution in [0.1, 0.15) is 70.6 Å². The number of hydrogen-bond donors (Lipinski definition) is 1. The second kappa shape index (κ2) is 11.5. The highest BCUT2D eigenvalue weighted by molar-refractivity contribution is 5.80. The smallest absolute Gasteiger partial charge is 0.320 e. The summed E-state index contributed by atoms with van der Waals surface area (Å²) in [4.78, 5) is 47.1. The van der Waals surface area contributed by atoms with Crippen LogP contribution in [0.25, 0.3) is 0 Å². The van der Waals surface area contributed by atoms with Crippen LogP contribution in [0.4, 0.5) is 4.79 Å². The molecule has 8 heteroatoms. The van der Waals surface area contributed by atoms with E-state index in [1.807, 2.05) is 4.90 Å². The predicted molar refractivity (Wildman–Crippen MR) is 135 cm³/mol. The number of carbonyl (C=O) groups is 3. The van der Waals surface area contributed by atoms with E-state index in [4.69, 9.17) is 0 Å². The van der Waals surface area contributed by atoms with Crippen LogP contribution in [0.2, 0.25) is 0 Å². The Hall–Kier alpha value is -1.83. The third-order valence-electron chi connectivity index (χ3n) is 9.24. The van der Waals surface area contributed by atoms with Crippen LogP contribution in [0, 0.1) is 17.8 Å². The zero-order valence-corrected chi connectivity index (χ0v) is 21.5. The molecule has 5 aliphatic heterocycles. The number of rotatable bonds is 5. The SMILES string of the molecule is O=C(NCCCN1CCCCCC1)C1CCN(C(=O)N2C[C@@H]3C[C@H](C2)[C@H]2CCCC(=O)N2C3)CC1. The van der Waals surface area contributed by atoms with Gasteiger partial charge in [-0.1, -0.05) is 12.8 Å². The average molecular weight is 488 g/mol. The van der Waals surface area contributed by atoms with Crippen molar-refractivity contribution in [1.29, 1.82) is 0 Å². The van der Waals surface area contributed by atoms with Crippen LogP contribution >= 0.6 is 0 Å². The molecule has 5 fully saturated rings. The minimum Gasteiger partial charge on any atom is -0.356 e. The summed E-state index contributed by atoms with van der Waals surface area (Å²) in [5, 5.41) is 3.16. The molecule has 0 saturated carbocycles. The van der Waals surface area contributed by atoms with Gasteiger partial charge in [-0.05, 0) is 82.8 Å². The molecular formula is C27H45N5O3. The van der Waals surface area contributed by atoms with Gasteiger partial charge in [-0.15, -0.1) is 0 Å². The Morgan fingerprint density at radius 3 is 2.40 bits per heavy atom. The summed E-state index contributed by atoms with van der Waals surface area (Å²) < 4.78 is 0. The molecule has 35 heavy (non-hydrogen) atoms. The lowest BCUT2D eigenvalue weighted by atomic mass is 9.76. The Bertz CT molecular complexity index is 760. The Morgan fingerprint density at radius 2 is 1.63 bits per heavy atom. The third-order valence-corrected chi connectivity index (χ3v) is 9.24. The highest BCUT2D eigenvalue weighted by atomic mass is 16.2. The van der Waals surface area contributed by atoms with Crippen molar-refractivity contribution in [2.45, 2.75) is 76.7 Å². The summed E-state index contributed by atoms with van der Waals surface area (Å²) in [6.07, 6.45) is 11.8. The Balaban J connectivity index is 1.03. The number of nitrogens with zero attached hydrogens (tertiary/aromatic N) is 4. The largest absolute Gasteiger partial charge is 0.356 e. The van der Waals surface area contributed by atoms with Gasteiger partial charge >= 0.3 is 6.03 Å². The first-order chi connectivity index (χ1) is 17.1. The first-order valence-corrected chi connectivity index (χ1v) is 14.4. The van der Waals surface area contributed by atoms with Crippen LogP contribution in [0.5, 0.6) is 0 Å². The van der Waals surface area contributed by atoms with Crippen molar-refractivity contribution in [3.8, 4) is 0 Å². The van der Waals surface area contributed by atoms with Crippen molar-refractivity contribution in [1.82, 2.24) is 24.9 Å². The van der Waals surface area contributed by atoms with Crippen LogP contribution in [-0.2, 0) is 9.59 Å². The molecule has 0 unspecified atom stereocenters. The van der Waals surface area contributed by atoms with Gasteiger partial charge in [0.1, 0.15) is 0 Å². The fourth-order valence-electron chi connectivity index (χ4n) is 7.32. The maximum atomic E-state index is 13.3. The van der Waals surface area contributed by atoms with Gasteiger partial charge in [-0.25, -0.2) is 4.79 Å². The summed E-state index contributed by atoms with van der Waals surface area (Å²) in [6, 6.07) is 0.475. The lowest BCUT2D eigenvalue weighted by Crippen LogP contribution is -2.62. The van der Waals surface area contributed by atoms with Gasteiger partial charge in [0.25, 0.3) is 0 Å². The summed E-state index contributed by atoms with van der Waals surface area (Å²) in [7, 11) is 0. The number of piperidine rings is 4. The number of likely N-dealkylation sites (tertiary alicyclic amines) is 3. The van der Waals surface area contributed by atoms with Crippen molar-refractivity contribution < 1.29 is 14.4 Å². The standard InChI is InChI=1S/C27H45N5O3/c33-25-8-5-7-24-23-17-21(19-32(24)25)18-31(20-23)27(35)30-15-9-22(10-16-30)26(34)28-11-6-14-29-12-3-1-2-4-13-29/h21-24H,1-20H2,(H,28,34)/t21-,23+,24+/m0/s1. The molecule has 5 aliphatic rings. The van der Waals surface area contributed by atoms with Gasteiger partial charge in [-0.2, -0.15) is 0 Å². The Morgan fingerprint density at radius 1 is 0.857 bits per heavy atom. The van der Waals surface area contributed by atoms with Crippen molar-refractivity contribution in [2.24, 2.45) is 17.8 Å². The predicted octanol–water partition coefficient (Wildman–Crippen LogP) is 2.53. The fourth-order valence-corrected chi connectivity index (χ4v) is 7.32. The van der Waals surface area contributed by atoms with Crippen LogP contribution in [0.3, 0.4) is 0 Å². The van der Waals surface area contributed by atoms with Crippen molar-refractivity contribution >= 4 is 17.8 Å². The molecule has 5 saturated heterocycles. The van der Waals surface area contributed by atoms with Crippen LogP contribution in [-0.4, -0.2) is 102 Å². The van der Waals surface area contributed by atoms with E-state index in [-0.39, 0.29) is 17.9 Å². The molecule has 1 N–H and O–H groups in total. The lowest BCUT2D eigenvalue weighted by molar-refractivity contribution is -0.144. The fraction of sp³-hybridized carbons (Fsp3) is 0.889. The van der Waals surface area contributed by atoms with Crippen LogP contribution < -0.4 is 5.32 Å². The Labute approximate surface area is 210 Å². The van der Waals surface area contributed by atoms with Gasteiger partial charge in [0.2, 0.25) is 11.8 Å². The summed E-state index contributed by atoms with van der Waals surface area (Å²) in [6.45, 7) is 7.96. The molecule has 0 radical (unpaired) electrons. The van der Waals surface area contributed by atoms with Gasteiger partial charge in [-0.3, -0.25) is 9.59 Å². The van der Waals surface area contributed by atoms with Crippen molar-refractivity contribution in [3.05, 3.63) is 0 Å². The molecule has 0 aromatic heterocycles. The van der Waals surface area contributed by atoms with E-state index in [9.17, 15) is 14.4 Å². The highest BCUT2D eigenvalue weighted by Gasteiger charge is 2.45. The van der Waals surface area contributed by atoms with E-state index in [1.54, 1.807) is 0 Å². The van der Waals surface area contributed by atoms with Gasteiger partial charge < -0.3 is 24.9 Å². The zero-order valence-electron chi connectivity index (χ0n) is 21.5. The third kappa shape index (κ3) is 5.95. The number of hydrogen-bond acceptors (Lipinski definition) is 4. The molecule has 3 atom stereocenters. The van der Waals surface area contributed by atoms with Crippen molar-refractivity contribution in [2.75, 3.05) is 58.9 Å². The van der Waals surface area contributed by atoms with Gasteiger partial charge in [0.15, 0.2) is 0 Å². The van der Waals surface area contributed by atoms with Gasteiger partial charge in [0, 0.05) is 57.6 Å². The van der Waals surface area contributed by atoms with E-state index in [0.717, 1.165) is 71.2 Å². The first-order valence-electron chi connectivity index (χ1n) is 14.4. The second-order valence-electron chi connectivity index (χ2n) is 11.7. The summed E-state index contributed by atoms with van der Waals surface area (Å²) in [5.41, 5.74) is 0. The molecule has 0 aromatic rings. The van der Waals surface area contributed by atoms with Crippen molar-refractivity contribution in [3.63, 3.8) is 0 Å². The topological polar surface area (TPSA) is 76.2 Å². The van der Waals surface area contributed by atoms with Gasteiger partial charge in [0.05, 0.1) is 0 Å². The first kappa shape index (κ1) is 24.8. The normalized spacial score (nSPS) is 30.6. The summed E-state index contributed by atoms with van der Waals surface area (Å²) in [5.74, 6) is 1.35. The molecule has 0 spiro atoms. The lowest BCUT2D eigenvalue weighted by Gasteiger charge is -2.53. The molecular weight excluding hydrogens is 442 g/mol. The minimum absolute atomic E-state index is 0.0276. The Kier molecular flexibility index (Phi) is 8.15. The maximum Gasteiger partial charge on any atom is 0.320 e. The molecule has 5 rings (SSSR count). The number of carbonyl (C=O) groups excluding carboxylic acids is 3. The zero-order chi connectivity index (χ0) is 24.2. The molecule has 5 heterocycles. The quantitative estimate of drug-likeness (QED) is 0.605. The molecule has 4 amide bonds. The van der Waals surface area contributed by atoms with E-state index in [0.29, 0.717) is 43.3 Å². The van der Waals surface area contributed by atoms with E-state index in [2.05, 4.69) is 20.0 Å². The van der Waals surface area contributed by atoms with E-state index in [1.165, 1.54) is 38.8 Å². The minimum atomic E-state index is 0.0276. The molecule has 8 nitrogen and oxygen atoms in total. The number of fused-ring (bicyclic) bond motifs is 4. The number of urea groups is 1. The molecule has 0 aromatic carbocycles. The van der Waals surface area contributed by atoms with Crippen LogP contribution in [0.15, 0.2) is 0 Å². The molecule has 0 aliphatic carbocycles. The second-order valence-corrected chi connectivity index (χ2v) is 11.7. The molecule has 196 valence electrons. The van der Waals surface area contributed by atoms with E-state index >= 15 is 0 Å². The highest BCUT2D eigenvalue weighted by Crippen LogP contribution is 2.38. The number of nitrogens with one attached hydrogen (secondary N) is 1.